The van der Waals surface area contributed by atoms with Gasteiger partial charge in [0.05, 0.1) is 12.8 Å². The highest BCUT2D eigenvalue weighted by molar-refractivity contribution is 5.60. The molecule has 0 saturated carbocycles. The van der Waals surface area contributed by atoms with Crippen LogP contribution in [0.5, 0.6) is 11.5 Å². The van der Waals surface area contributed by atoms with Gasteiger partial charge < -0.3 is 14.8 Å². The minimum absolute atomic E-state index is 0.126. The lowest BCUT2D eigenvalue weighted by atomic mass is 10.2. The highest BCUT2D eigenvalue weighted by Crippen LogP contribution is 2.31. The van der Waals surface area contributed by atoms with E-state index in [1.165, 1.54) is 13.2 Å². The Morgan fingerprint density at radius 2 is 2.06 bits per heavy atom. The lowest BCUT2D eigenvalue weighted by molar-refractivity contribution is -0.0494. The smallest absolute Gasteiger partial charge is 0.387 e. The molecule has 3 nitrogen and oxygen atoms in total. The van der Waals surface area contributed by atoms with E-state index >= 15 is 0 Å². The summed E-state index contributed by atoms with van der Waals surface area (Å²) in [6.07, 6.45) is 0.880. The Morgan fingerprint density at radius 3 is 2.59 bits per heavy atom. The van der Waals surface area contributed by atoms with Crippen molar-refractivity contribution in [3.05, 3.63) is 18.2 Å². The molecular weight excluding hydrogens is 228 g/mol. The molecule has 17 heavy (non-hydrogen) atoms. The van der Waals surface area contributed by atoms with Crippen LogP contribution in [-0.2, 0) is 0 Å². The molecule has 0 aliphatic rings. The van der Waals surface area contributed by atoms with Crippen molar-refractivity contribution in [2.24, 2.45) is 0 Å². The van der Waals surface area contributed by atoms with Gasteiger partial charge in [-0.15, -0.1) is 0 Å². The molecule has 1 unspecified atom stereocenters. The van der Waals surface area contributed by atoms with Crippen molar-refractivity contribution >= 4 is 5.69 Å². The van der Waals surface area contributed by atoms with Gasteiger partial charge in [-0.05, 0) is 25.5 Å². The predicted molar refractivity (Wildman–Crippen MR) is 63.0 cm³/mol. The number of halogens is 2. The number of alkyl halides is 2. The first kappa shape index (κ1) is 13.5. The van der Waals surface area contributed by atoms with Crippen LogP contribution in [0.25, 0.3) is 0 Å². The van der Waals surface area contributed by atoms with Gasteiger partial charge >= 0.3 is 6.61 Å². The Labute approximate surface area is 99.7 Å². The molecule has 0 heterocycles. The third kappa shape index (κ3) is 4.09. The predicted octanol–water partition coefficient (Wildman–Crippen LogP) is 3.51. The average Bonchev–Trinajstić information content (AvgIpc) is 2.30. The Bertz CT molecular complexity index is 358. The fourth-order valence-corrected chi connectivity index (χ4v) is 1.32. The van der Waals surface area contributed by atoms with E-state index in [2.05, 4.69) is 10.1 Å². The molecule has 0 spiro atoms. The number of ether oxygens (including phenoxy) is 2. The first-order valence-electron chi connectivity index (χ1n) is 5.46. The van der Waals surface area contributed by atoms with Crippen LogP contribution in [0.15, 0.2) is 18.2 Å². The maximum Gasteiger partial charge on any atom is 0.387 e. The molecule has 1 aromatic rings. The maximum atomic E-state index is 12.2. The number of anilines is 1. The Balaban J connectivity index is 2.94. The fraction of sp³-hybridized carbons (Fsp3) is 0.500. The van der Waals surface area contributed by atoms with Crippen molar-refractivity contribution in [2.45, 2.75) is 32.9 Å². The van der Waals surface area contributed by atoms with E-state index in [4.69, 9.17) is 4.74 Å². The van der Waals surface area contributed by atoms with Crippen LogP contribution < -0.4 is 14.8 Å². The van der Waals surface area contributed by atoms with Crippen LogP contribution in [0.3, 0.4) is 0 Å². The summed E-state index contributed by atoms with van der Waals surface area (Å²) in [5.74, 6) is 0.721. The molecule has 1 rings (SSSR count). The van der Waals surface area contributed by atoms with Gasteiger partial charge in [0.15, 0.2) is 0 Å². The molecular formula is C12H17F2NO2. The Hall–Kier alpha value is -1.52. The third-order valence-electron chi connectivity index (χ3n) is 2.42. The zero-order chi connectivity index (χ0) is 12.8. The molecule has 5 heteroatoms. The molecule has 0 radical (unpaired) electrons. The van der Waals surface area contributed by atoms with E-state index in [-0.39, 0.29) is 11.8 Å². The molecule has 0 aliphatic heterocycles. The fourth-order valence-electron chi connectivity index (χ4n) is 1.32. The molecule has 0 saturated heterocycles. The molecule has 1 N–H and O–H groups in total. The van der Waals surface area contributed by atoms with Crippen molar-refractivity contribution in [1.82, 2.24) is 0 Å². The van der Waals surface area contributed by atoms with E-state index in [1.807, 2.05) is 13.8 Å². The molecule has 0 bridgehead atoms. The summed E-state index contributed by atoms with van der Waals surface area (Å²) >= 11 is 0. The number of methoxy groups -OCH3 is 1. The second-order valence-corrected chi connectivity index (χ2v) is 3.69. The lowest BCUT2D eigenvalue weighted by Gasteiger charge is -2.17. The van der Waals surface area contributed by atoms with Crippen molar-refractivity contribution in [1.29, 1.82) is 0 Å². The van der Waals surface area contributed by atoms with Gasteiger partial charge in [-0.2, -0.15) is 8.78 Å². The third-order valence-corrected chi connectivity index (χ3v) is 2.42. The minimum Gasteiger partial charge on any atom is -0.497 e. The van der Waals surface area contributed by atoms with E-state index in [0.717, 1.165) is 6.42 Å². The van der Waals surface area contributed by atoms with Crippen LogP contribution in [0, 0.1) is 0 Å². The van der Waals surface area contributed by atoms with E-state index in [0.29, 0.717) is 11.4 Å². The summed E-state index contributed by atoms with van der Waals surface area (Å²) in [4.78, 5) is 0. The summed E-state index contributed by atoms with van der Waals surface area (Å²) in [6.45, 7) is 1.14. The molecule has 1 aromatic carbocycles. The molecule has 0 aromatic heterocycles. The van der Waals surface area contributed by atoms with Crippen LogP contribution in [0.1, 0.15) is 20.3 Å². The Kier molecular flexibility index (Phi) is 5.00. The standard InChI is InChI=1S/C12H17F2NO2/c1-4-8(2)15-10-7-9(16-3)5-6-11(10)17-12(13)14/h5-8,12,15H,4H2,1-3H3. The number of nitrogens with one attached hydrogen (secondary N) is 1. The van der Waals surface area contributed by atoms with Gasteiger partial charge in [0.25, 0.3) is 0 Å². The number of rotatable bonds is 6. The number of benzene rings is 1. The second-order valence-electron chi connectivity index (χ2n) is 3.69. The SMILES string of the molecule is CCC(C)Nc1cc(OC)ccc1OC(F)F. The summed E-state index contributed by atoms with van der Waals surface area (Å²) in [7, 11) is 1.52. The van der Waals surface area contributed by atoms with Crippen LogP contribution in [-0.4, -0.2) is 19.8 Å². The van der Waals surface area contributed by atoms with Crippen molar-refractivity contribution < 1.29 is 18.3 Å². The summed E-state index contributed by atoms with van der Waals surface area (Å²) in [6, 6.07) is 4.86. The normalized spacial score (nSPS) is 12.4. The monoisotopic (exact) mass is 245 g/mol. The molecule has 1 atom stereocenters. The van der Waals surface area contributed by atoms with E-state index in [1.54, 1.807) is 12.1 Å². The van der Waals surface area contributed by atoms with Gasteiger partial charge in [0.2, 0.25) is 0 Å². The van der Waals surface area contributed by atoms with Crippen LogP contribution in [0.4, 0.5) is 14.5 Å². The molecule has 96 valence electrons. The number of hydrogen-bond donors (Lipinski definition) is 1. The first-order chi connectivity index (χ1) is 8.06. The van der Waals surface area contributed by atoms with Gasteiger partial charge in [-0.1, -0.05) is 6.92 Å². The summed E-state index contributed by atoms with van der Waals surface area (Å²) in [5.41, 5.74) is 0.513. The molecule has 0 amide bonds. The molecule has 0 aliphatic carbocycles. The van der Waals surface area contributed by atoms with Crippen molar-refractivity contribution in [3.8, 4) is 11.5 Å². The quantitative estimate of drug-likeness (QED) is 0.832. The highest BCUT2D eigenvalue weighted by atomic mass is 19.3. The number of hydrogen-bond acceptors (Lipinski definition) is 3. The van der Waals surface area contributed by atoms with Crippen molar-refractivity contribution in [2.75, 3.05) is 12.4 Å². The van der Waals surface area contributed by atoms with Crippen LogP contribution >= 0.6 is 0 Å². The highest BCUT2D eigenvalue weighted by Gasteiger charge is 2.12. The average molecular weight is 245 g/mol. The summed E-state index contributed by atoms with van der Waals surface area (Å²) in [5, 5.41) is 3.10. The van der Waals surface area contributed by atoms with Crippen LogP contribution in [0.2, 0.25) is 0 Å². The van der Waals surface area contributed by atoms with E-state index < -0.39 is 6.61 Å². The van der Waals surface area contributed by atoms with Gasteiger partial charge in [-0.25, -0.2) is 0 Å². The topological polar surface area (TPSA) is 30.5 Å². The second kappa shape index (κ2) is 6.27. The van der Waals surface area contributed by atoms with Gasteiger partial charge in [-0.3, -0.25) is 0 Å². The van der Waals surface area contributed by atoms with Gasteiger partial charge in [0.1, 0.15) is 11.5 Å². The zero-order valence-electron chi connectivity index (χ0n) is 10.2. The van der Waals surface area contributed by atoms with E-state index in [9.17, 15) is 8.78 Å². The minimum atomic E-state index is -2.83. The first-order valence-corrected chi connectivity index (χ1v) is 5.46. The van der Waals surface area contributed by atoms with Gasteiger partial charge in [0, 0.05) is 12.1 Å². The molecule has 0 fully saturated rings. The zero-order valence-corrected chi connectivity index (χ0v) is 10.2. The Morgan fingerprint density at radius 1 is 1.35 bits per heavy atom. The lowest BCUT2D eigenvalue weighted by Crippen LogP contribution is -2.15. The maximum absolute atomic E-state index is 12.2. The largest absolute Gasteiger partial charge is 0.497 e. The summed E-state index contributed by atoms with van der Waals surface area (Å²) < 4.78 is 33.9. The van der Waals surface area contributed by atoms with Crippen molar-refractivity contribution in [3.63, 3.8) is 0 Å².